The van der Waals surface area contributed by atoms with Crippen LogP contribution in [0.15, 0.2) is 12.1 Å². The highest BCUT2D eigenvalue weighted by Gasteiger charge is 2.56. The molecule has 2 heterocycles. The molecule has 0 aromatic carbocycles. The van der Waals surface area contributed by atoms with Gasteiger partial charge in [-0.05, 0) is 75.3 Å². The van der Waals surface area contributed by atoms with E-state index in [1.165, 1.54) is 0 Å². The van der Waals surface area contributed by atoms with Crippen LogP contribution in [-0.4, -0.2) is 51.9 Å². The number of nitrogens with zero attached hydrogens (tertiary/aromatic N) is 3. The summed E-state index contributed by atoms with van der Waals surface area (Å²) in [6.07, 6.45) is 5.27. The Kier molecular flexibility index (Phi) is 4.43. The summed E-state index contributed by atoms with van der Waals surface area (Å²) in [6.45, 7) is 3.08. The van der Waals surface area contributed by atoms with E-state index >= 15 is 0 Å². The number of carbonyl (C=O) groups excluding carboxylic acids is 1. The molecular weight excluding hydrogens is 368 g/mol. The van der Waals surface area contributed by atoms with Crippen LogP contribution in [-0.2, 0) is 4.74 Å². The molecule has 3 unspecified atom stereocenters. The minimum atomic E-state index is -0.506. The van der Waals surface area contributed by atoms with Crippen molar-refractivity contribution in [3.63, 3.8) is 0 Å². The van der Waals surface area contributed by atoms with Crippen molar-refractivity contribution in [1.82, 2.24) is 9.88 Å². The standard InChI is InChI=1S/C22H28N4O3/c1-13-15(11-23)2-3-19(24-13)25-18-4-5-26(12-18)21(27)29-20-16-6-14-7-17(20)10-22(28,8-14)9-16/h2-3,14,16-18,20,28H,4-10,12H2,1H3,(H,24,25). The molecule has 1 aromatic rings. The van der Waals surface area contributed by atoms with Crippen LogP contribution < -0.4 is 5.32 Å². The topological polar surface area (TPSA) is 98.5 Å². The summed E-state index contributed by atoms with van der Waals surface area (Å²) in [5.41, 5.74) is 0.775. The second kappa shape index (κ2) is 6.88. The predicted octanol–water partition coefficient (Wildman–Crippen LogP) is 2.82. The van der Waals surface area contributed by atoms with Crippen molar-refractivity contribution < 1.29 is 14.6 Å². The number of nitriles is 1. The van der Waals surface area contributed by atoms with Gasteiger partial charge in [0.15, 0.2) is 0 Å². The molecule has 1 aromatic heterocycles. The Balaban J connectivity index is 1.17. The molecule has 1 saturated heterocycles. The predicted molar refractivity (Wildman–Crippen MR) is 106 cm³/mol. The summed E-state index contributed by atoms with van der Waals surface area (Å²) in [5.74, 6) is 1.97. The summed E-state index contributed by atoms with van der Waals surface area (Å²) in [4.78, 5) is 19.0. The number of anilines is 1. The lowest BCUT2D eigenvalue weighted by atomic mass is 9.53. The molecule has 5 fully saturated rings. The number of aromatic nitrogens is 1. The monoisotopic (exact) mass is 396 g/mol. The number of nitrogens with one attached hydrogen (secondary N) is 1. The van der Waals surface area contributed by atoms with Crippen molar-refractivity contribution in [2.75, 3.05) is 18.4 Å². The molecule has 29 heavy (non-hydrogen) atoms. The fourth-order valence-electron chi connectivity index (χ4n) is 6.33. The quantitative estimate of drug-likeness (QED) is 0.815. The first-order valence-corrected chi connectivity index (χ1v) is 10.7. The van der Waals surface area contributed by atoms with Gasteiger partial charge in [-0.1, -0.05) is 0 Å². The molecule has 0 radical (unpaired) electrons. The number of amides is 1. The van der Waals surface area contributed by atoms with Crippen LogP contribution in [0.1, 0.15) is 49.8 Å². The molecule has 3 atom stereocenters. The van der Waals surface area contributed by atoms with Crippen LogP contribution >= 0.6 is 0 Å². The van der Waals surface area contributed by atoms with E-state index in [1.807, 2.05) is 13.0 Å². The van der Waals surface area contributed by atoms with Crippen LogP contribution in [0, 0.1) is 36.0 Å². The summed E-state index contributed by atoms with van der Waals surface area (Å²) in [6, 6.07) is 5.83. The van der Waals surface area contributed by atoms with Gasteiger partial charge >= 0.3 is 6.09 Å². The maximum absolute atomic E-state index is 12.8. The van der Waals surface area contributed by atoms with E-state index in [0.717, 1.165) is 44.3 Å². The summed E-state index contributed by atoms with van der Waals surface area (Å²) in [7, 11) is 0. The molecule has 7 nitrogen and oxygen atoms in total. The summed E-state index contributed by atoms with van der Waals surface area (Å²) < 4.78 is 6.00. The van der Waals surface area contributed by atoms with Crippen LogP contribution in [0.2, 0.25) is 0 Å². The number of aliphatic hydroxyl groups is 1. The van der Waals surface area contributed by atoms with Gasteiger partial charge in [-0.25, -0.2) is 9.78 Å². The highest BCUT2D eigenvalue weighted by Crippen LogP contribution is 2.56. The first kappa shape index (κ1) is 18.7. The highest BCUT2D eigenvalue weighted by atomic mass is 16.6. The van der Waals surface area contributed by atoms with Crippen LogP contribution in [0.25, 0.3) is 0 Å². The van der Waals surface area contributed by atoms with Crippen molar-refractivity contribution in [2.24, 2.45) is 17.8 Å². The maximum Gasteiger partial charge on any atom is 0.410 e. The molecule has 6 rings (SSSR count). The molecule has 4 aliphatic carbocycles. The average Bonchev–Trinajstić information content (AvgIpc) is 3.12. The van der Waals surface area contributed by atoms with Crippen molar-refractivity contribution in [1.29, 1.82) is 5.26 Å². The third kappa shape index (κ3) is 3.44. The zero-order valence-corrected chi connectivity index (χ0v) is 16.8. The first-order chi connectivity index (χ1) is 13.9. The number of hydrogen-bond acceptors (Lipinski definition) is 6. The summed E-state index contributed by atoms with van der Waals surface area (Å²) in [5, 5.41) is 23.1. The van der Waals surface area contributed by atoms with E-state index < -0.39 is 5.60 Å². The molecule has 7 heteroatoms. The third-order valence-electron chi connectivity index (χ3n) is 7.40. The molecule has 1 aliphatic heterocycles. The van der Waals surface area contributed by atoms with Gasteiger partial charge in [0.2, 0.25) is 0 Å². The fraction of sp³-hybridized carbons (Fsp3) is 0.682. The second-order valence-electron chi connectivity index (χ2n) is 9.56. The van der Waals surface area contributed by atoms with E-state index in [0.29, 0.717) is 42.1 Å². The first-order valence-electron chi connectivity index (χ1n) is 10.7. The Bertz CT molecular complexity index is 850. The van der Waals surface area contributed by atoms with Crippen molar-refractivity contribution in [3.05, 3.63) is 23.4 Å². The third-order valence-corrected chi connectivity index (χ3v) is 7.40. The van der Waals surface area contributed by atoms with Crippen molar-refractivity contribution in [2.45, 2.75) is 63.2 Å². The van der Waals surface area contributed by atoms with Gasteiger partial charge in [0.05, 0.1) is 16.9 Å². The molecule has 5 aliphatic rings. The SMILES string of the molecule is Cc1nc(NC2CCN(C(=O)OC3C4CC5CC3CC(O)(C5)C4)C2)ccc1C#N. The van der Waals surface area contributed by atoms with Gasteiger partial charge < -0.3 is 20.1 Å². The van der Waals surface area contributed by atoms with Gasteiger partial charge in [-0.2, -0.15) is 5.26 Å². The maximum atomic E-state index is 12.8. The molecule has 2 N–H and O–H groups in total. The second-order valence-corrected chi connectivity index (χ2v) is 9.56. The Morgan fingerprint density at radius 2 is 2.10 bits per heavy atom. The number of pyridine rings is 1. The lowest BCUT2D eigenvalue weighted by Gasteiger charge is -2.57. The number of carbonyl (C=O) groups is 1. The van der Waals surface area contributed by atoms with E-state index in [2.05, 4.69) is 16.4 Å². The lowest BCUT2D eigenvalue weighted by molar-refractivity contribution is -0.177. The van der Waals surface area contributed by atoms with Gasteiger partial charge in [0, 0.05) is 19.1 Å². The average molecular weight is 396 g/mol. The van der Waals surface area contributed by atoms with E-state index in [9.17, 15) is 9.90 Å². The van der Waals surface area contributed by atoms with E-state index in [1.54, 1.807) is 11.0 Å². The van der Waals surface area contributed by atoms with E-state index in [4.69, 9.17) is 10.00 Å². The Morgan fingerprint density at radius 3 is 2.76 bits per heavy atom. The Hall–Kier alpha value is -2.33. The molecular formula is C22H28N4O3. The fourth-order valence-corrected chi connectivity index (χ4v) is 6.33. The van der Waals surface area contributed by atoms with Crippen LogP contribution in [0.4, 0.5) is 10.6 Å². The minimum Gasteiger partial charge on any atom is -0.446 e. The molecule has 0 spiro atoms. The van der Waals surface area contributed by atoms with E-state index in [-0.39, 0.29) is 18.2 Å². The Labute approximate surface area is 171 Å². The number of aryl methyl sites for hydroxylation is 1. The van der Waals surface area contributed by atoms with Crippen molar-refractivity contribution in [3.8, 4) is 6.07 Å². The lowest BCUT2D eigenvalue weighted by Crippen LogP contribution is -2.58. The van der Waals surface area contributed by atoms with Crippen molar-refractivity contribution >= 4 is 11.9 Å². The Morgan fingerprint density at radius 1 is 1.34 bits per heavy atom. The van der Waals surface area contributed by atoms with Gasteiger partial charge in [-0.3, -0.25) is 0 Å². The molecule has 154 valence electrons. The zero-order valence-electron chi connectivity index (χ0n) is 16.8. The number of likely N-dealkylation sites (tertiary alicyclic amines) is 1. The number of hydrogen-bond donors (Lipinski definition) is 2. The zero-order chi connectivity index (χ0) is 20.2. The number of rotatable bonds is 3. The number of ether oxygens (including phenoxy) is 1. The highest BCUT2D eigenvalue weighted by molar-refractivity contribution is 5.68. The minimum absolute atomic E-state index is 0.0332. The normalized spacial score (nSPS) is 37.4. The van der Waals surface area contributed by atoms with Gasteiger partial charge in [0.25, 0.3) is 0 Å². The van der Waals surface area contributed by atoms with Crippen LogP contribution in [0.5, 0.6) is 0 Å². The molecule has 1 amide bonds. The van der Waals surface area contributed by atoms with Gasteiger partial charge in [-0.15, -0.1) is 0 Å². The largest absolute Gasteiger partial charge is 0.446 e. The van der Waals surface area contributed by atoms with Crippen LogP contribution in [0.3, 0.4) is 0 Å². The molecule has 4 bridgehead atoms. The molecule has 4 saturated carbocycles. The van der Waals surface area contributed by atoms with Gasteiger partial charge in [0.1, 0.15) is 18.0 Å². The smallest absolute Gasteiger partial charge is 0.410 e. The summed E-state index contributed by atoms with van der Waals surface area (Å²) >= 11 is 0.